The number of ether oxygens (including phenoxy) is 1. The van der Waals surface area contributed by atoms with E-state index < -0.39 is 18.1 Å². The highest BCUT2D eigenvalue weighted by molar-refractivity contribution is 5.80. The maximum absolute atomic E-state index is 12.5. The van der Waals surface area contributed by atoms with Crippen LogP contribution >= 0.6 is 0 Å². The lowest BCUT2D eigenvalue weighted by Gasteiger charge is -2.24. The minimum Gasteiger partial charge on any atom is -0.481 e. The van der Waals surface area contributed by atoms with E-state index in [4.69, 9.17) is 4.74 Å². The molecule has 1 unspecified atom stereocenters. The van der Waals surface area contributed by atoms with E-state index in [1.165, 1.54) is 0 Å². The second-order valence-corrected chi connectivity index (χ2v) is 9.39. The zero-order valence-electron chi connectivity index (χ0n) is 19.5. The summed E-state index contributed by atoms with van der Waals surface area (Å²) < 4.78 is 5.55. The summed E-state index contributed by atoms with van der Waals surface area (Å²) in [6, 6.07) is 15.5. The average Bonchev–Trinajstić information content (AvgIpc) is 3.44. The van der Waals surface area contributed by atoms with Crippen LogP contribution in [0.25, 0.3) is 11.1 Å². The summed E-state index contributed by atoms with van der Waals surface area (Å²) in [5, 5.41) is 14.8. The third-order valence-corrected chi connectivity index (χ3v) is 6.91. The average molecular weight is 465 g/mol. The summed E-state index contributed by atoms with van der Waals surface area (Å²) in [4.78, 5) is 36.2. The lowest BCUT2D eigenvalue weighted by atomic mass is 9.95. The summed E-state index contributed by atoms with van der Waals surface area (Å²) in [6.07, 6.45) is 3.42. The molecule has 2 aromatic carbocycles. The Bertz CT molecular complexity index is 1000. The number of carbonyl (C=O) groups excluding carboxylic acids is 2. The molecule has 0 radical (unpaired) electrons. The summed E-state index contributed by atoms with van der Waals surface area (Å²) in [6.45, 7) is 1.95. The maximum atomic E-state index is 12.5. The quantitative estimate of drug-likeness (QED) is 0.508. The minimum atomic E-state index is -0.915. The number of fused-ring (bicyclic) bond motifs is 3. The molecule has 180 valence electrons. The van der Waals surface area contributed by atoms with Gasteiger partial charge in [0.1, 0.15) is 6.61 Å². The van der Waals surface area contributed by atoms with Gasteiger partial charge in [-0.05, 0) is 47.9 Å². The molecule has 0 spiro atoms. The Balaban J connectivity index is 1.28. The predicted molar refractivity (Wildman–Crippen MR) is 128 cm³/mol. The summed E-state index contributed by atoms with van der Waals surface area (Å²) in [5.41, 5.74) is 4.60. The first-order chi connectivity index (χ1) is 16.4. The van der Waals surface area contributed by atoms with Crippen LogP contribution in [0, 0.1) is 5.92 Å². The molecule has 2 aliphatic carbocycles. The predicted octanol–water partition coefficient (Wildman–Crippen LogP) is 4.45. The largest absolute Gasteiger partial charge is 0.481 e. The van der Waals surface area contributed by atoms with Crippen LogP contribution in [-0.4, -0.2) is 41.8 Å². The topological polar surface area (TPSA) is 105 Å². The van der Waals surface area contributed by atoms with Gasteiger partial charge in [0, 0.05) is 24.4 Å². The number of aliphatic carboxylic acids is 1. The van der Waals surface area contributed by atoms with Gasteiger partial charge >= 0.3 is 12.1 Å². The lowest BCUT2D eigenvalue weighted by Crippen LogP contribution is -2.44. The van der Waals surface area contributed by atoms with Gasteiger partial charge in [0.15, 0.2) is 0 Å². The van der Waals surface area contributed by atoms with E-state index in [1.54, 1.807) is 6.92 Å². The fourth-order valence-corrected chi connectivity index (χ4v) is 5.32. The molecule has 2 atom stereocenters. The standard InChI is InChI=1S/C27H32N2O5/c1-17(14-25(30)29-24(15-26(31)32)18-8-2-3-9-18)28-27(33)34-16-23-21-12-6-4-10-19(21)20-11-5-7-13-22(20)23/h4-7,10-13,17-18,23-24H,2-3,8-9,14-16H2,1H3,(H,28,33)(H,29,30)(H,31,32)/t17-,24?/m0/s1. The fraction of sp³-hybridized carbons (Fsp3) is 0.444. The van der Waals surface area contributed by atoms with Crippen molar-refractivity contribution in [2.75, 3.05) is 6.61 Å². The van der Waals surface area contributed by atoms with Crippen LogP contribution in [0.15, 0.2) is 48.5 Å². The van der Waals surface area contributed by atoms with E-state index in [0.717, 1.165) is 47.9 Å². The Labute approximate surface area is 199 Å². The lowest BCUT2D eigenvalue weighted by molar-refractivity contribution is -0.138. The number of carboxylic acids is 1. The maximum Gasteiger partial charge on any atom is 0.407 e. The molecule has 1 fully saturated rings. The molecular weight excluding hydrogens is 432 g/mol. The molecule has 3 N–H and O–H groups in total. The van der Waals surface area contributed by atoms with Gasteiger partial charge in [-0.3, -0.25) is 9.59 Å². The van der Waals surface area contributed by atoms with E-state index in [9.17, 15) is 19.5 Å². The Morgan fingerprint density at radius 2 is 1.53 bits per heavy atom. The zero-order chi connectivity index (χ0) is 24.1. The summed E-state index contributed by atoms with van der Waals surface area (Å²) >= 11 is 0. The van der Waals surface area contributed by atoms with Crippen molar-refractivity contribution >= 4 is 18.0 Å². The molecule has 0 aliphatic heterocycles. The highest BCUT2D eigenvalue weighted by Crippen LogP contribution is 2.44. The Hall–Kier alpha value is -3.35. The van der Waals surface area contributed by atoms with E-state index in [0.29, 0.717) is 0 Å². The smallest absolute Gasteiger partial charge is 0.407 e. The Morgan fingerprint density at radius 1 is 0.941 bits per heavy atom. The third-order valence-electron chi connectivity index (χ3n) is 6.91. The number of amides is 2. The number of carbonyl (C=O) groups is 3. The van der Waals surface area contributed by atoms with E-state index in [1.807, 2.05) is 24.3 Å². The van der Waals surface area contributed by atoms with Crippen molar-refractivity contribution < 1.29 is 24.2 Å². The van der Waals surface area contributed by atoms with Gasteiger partial charge < -0.3 is 20.5 Å². The van der Waals surface area contributed by atoms with Crippen molar-refractivity contribution in [2.24, 2.45) is 5.92 Å². The molecule has 7 nitrogen and oxygen atoms in total. The number of hydrogen-bond acceptors (Lipinski definition) is 4. The molecule has 1 saturated carbocycles. The number of nitrogens with one attached hydrogen (secondary N) is 2. The number of benzene rings is 2. The number of carboxylic acid groups (broad SMARTS) is 1. The van der Waals surface area contributed by atoms with Crippen molar-refractivity contribution in [3.63, 3.8) is 0 Å². The third kappa shape index (κ3) is 5.58. The van der Waals surface area contributed by atoms with Gasteiger partial charge in [-0.15, -0.1) is 0 Å². The van der Waals surface area contributed by atoms with Crippen LogP contribution in [0.4, 0.5) is 4.79 Å². The monoisotopic (exact) mass is 464 g/mol. The van der Waals surface area contributed by atoms with Gasteiger partial charge in [-0.1, -0.05) is 61.4 Å². The molecule has 2 aliphatic rings. The van der Waals surface area contributed by atoms with Gasteiger partial charge in [-0.25, -0.2) is 4.79 Å². The zero-order valence-corrected chi connectivity index (χ0v) is 19.5. The van der Waals surface area contributed by atoms with Crippen LogP contribution < -0.4 is 10.6 Å². The van der Waals surface area contributed by atoms with Crippen LogP contribution in [0.3, 0.4) is 0 Å². The van der Waals surface area contributed by atoms with Gasteiger partial charge in [0.05, 0.1) is 6.42 Å². The second kappa shape index (κ2) is 10.7. The number of alkyl carbamates (subject to hydrolysis) is 1. The molecular formula is C27H32N2O5. The van der Waals surface area contributed by atoms with Crippen molar-refractivity contribution in [2.45, 2.75) is 63.5 Å². The van der Waals surface area contributed by atoms with Crippen molar-refractivity contribution in [3.8, 4) is 11.1 Å². The summed E-state index contributed by atoms with van der Waals surface area (Å²) in [5.74, 6) is -1.00. The first kappa shape index (κ1) is 23.8. The Kier molecular flexibility index (Phi) is 7.50. The van der Waals surface area contributed by atoms with Gasteiger partial charge in [0.2, 0.25) is 5.91 Å². The van der Waals surface area contributed by atoms with E-state index in [2.05, 4.69) is 34.9 Å². The molecule has 2 aromatic rings. The van der Waals surface area contributed by atoms with Crippen molar-refractivity contribution in [1.82, 2.24) is 10.6 Å². The first-order valence-corrected chi connectivity index (χ1v) is 12.0. The summed E-state index contributed by atoms with van der Waals surface area (Å²) in [7, 11) is 0. The minimum absolute atomic E-state index is 0.0278. The van der Waals surface area contributed by atoms with Crippen molar-refractivity contribution in [3.05, 3.63) is 59.7 Å². The number of rotatable bonds is 9. The van der Waals surface area contributed by atoms with Crippen LogP contribution in [0.1, 0.15) is 62.5 Å². The highest BCUT2D eigenvalue weighted by atomic mass is 16.5. The second-order valence-electron chi connectivity index (χ2n) is 9.39. The van der Waals surface area contributed by atoms with Gasteiger partial charge in [0.25, 0.3) is 0 Å². The van der Waals surface area contributed by atoms with Gasteiger partial charge in [-0.2, -0.15) is 0 Å². The molecule has 7 heteroatoms. The number of hydrogen-bond donors (Lipinski definition) is 3. The van der Waals surface area contributed by atoms with Crippen LogP contribution in [-0.2, 0) is 14.3 Å². The molecule has 34 heavy (non-hydrogen) atoms. The van der Waals surface area contributed by atoms with E-state index in [-0.39, 0.29) is 43.2 Å². The van der Waals surface area contributed by atoms with Crippen LogP contribution in [0.5, 0.6) is 0 Å². The molecule has 2 amide bonds. The highest BCUT2D eigenvalue weighted by Gasteiger charge is 2.30. The Morgan fingerprint density at radius 3 is 2.12 bits per heavy atom. The normalized spacial score (nSPS) is 16.9. The first-order valence-electron chi connectivity index (χ1n) is 12.0. The SMILES string of the molecule is C[C@@H](CC(=O)NC(CC(=O)O)C1CCCC1)NC(=O)OCC1c2ccccc2-c2ccccc21. The molecule has 4 rings (SSSR count). The molecule has 0 heterocycles. The van der Waals surface area contributed by atoms with Crippen LogP contribution in [0.2, 0.25) is 0 Å². The molecule has 0 bridgehead atoms. The van der Waals surface area contributed by atoms with Crippen molar-refractivity contribution in [1.29, 1.82) is 0 Å². The van der Waals surface area contributed by atoms with E-state index >= 15 is 0 Å². The molecule has 0 saturated heterocycles. The molecule has 0 aromatic heterocycles. The fourth-order valence-electron chi connectivity index (χ4n) is 5.32.